The second kappa shape index (κ2) is 8.52. The van der Waals surface area contributed by atoms with Gasteiger partial charge in [0.1, 0.15) is 11.6 Å². The number of rotatable bonds is 8. The molecule has 0 fully saturated rings. The molecule has 130 valence electrons. The van der Waals surface area contributed by atoms with Gasteiger partial charge in [-0.1, -0.05) is 18.1 Å². The normalized spacial score (nSPS) is 12.2. The van der Waals surface area contributed by atoms with Gasteiger partial charge in [0.2, 0.25) is 11.8 Å². The second-order valence-corrected chi connectivity index (χ2v) is 5.66. The van der Waals surface area contributed by atoms with Gasteiger partial charge in [0.15, 0.2) is 5.82 Å². The van der Waals surface area contributed by atoms with Crippen LogP contribution in [0.2, 0.25) is 0 Å². The Morgan fingerprint density at radius 3 is 2.83 bits per heavy atom. The summed E-state index contributed by atoms with van der Waals surface area (Å²) < 4.78 is 31.7. The maximum Gasteiger partial charge on any atom is 0.226 e. The molecule has 0 aliphatic carbocycles. The lowest BCUT2D eigenvalue weighted by Gasteiger charge is -2.15. The molecule has 0 spiro atoms. The van der Waals surface area contributed by atoms with Crippen LogP contribution in [0.3, 0.4) is 0 Å². The van der Waals surface area contributed by atoms with Crippen LogP contribution in [0.25, 0.3) is 0 Å². The molecule has 1 heterocycles. The first-order chi connectivity index (χ1) is 11.5. The molecule has 5 nitrogen and oxygen atoms in total. The Morgan fingerprint density at radius 2 is 2.12 bits per heavy atom. The minimum Gasteiger partial charge on any atom is -0.349 e. The number of nitrogens with zero attached hydrogens (tertiary/aromatic N) is 2. The Balaban J connectivity index is 1.78. The van der Waals surface area contributed by atoms with Crippen molar-refractivity contribution >= 4 is 5.91 Å². The summed E-state index contributed by atoms with van der Waals surface area (Å²) in [6, 6.07) is 2.78. The van der Waals surface area contributed by atoms with Crippen LogP contribution in [0, 0.1) is 11.6 Å². The molecule has 7 heteroatoms. The number of carbonyl (C=O) groups is 1. The highest BCUT2D eigenvalue weighted by molar-refractivity contribution is 5.76. The summed E-state index contributed by atoms with van der Waals surface area (Å²) >= 11 is 0. The third kappa shape index (κ3) is 5.11. The first-order valence-electron chi connectivity index (χ1n) is 8.05. The molecular formula is C17H21F2N3O2. The predicted molar refractivity (Wildman–Crippen MR) is 84.1 cm³/mol. The molecule has 24 heavy (non-hydrogen) atoms. The molecule has 0 aliphatic heterocycles. The molecule has 1 aromatic carbocycles. The molecule has 2 aromatic rings. The zero-order valence-corrected chi connectivity index (χ0v) is 13.8. The average Bonchev–Trinajstić information content (AvgIpc) is 2.95. The number of benzene rings is 1. The number of nitrogens with one attached hydrogen (secondary N) is 1. The van der Waals surface area contributed by atoms with E-state index in [0.29, 0.717) is 24.6 Å². The van der Waals surface area contributed by atoms with Crippen molar-refractivity contribution in [1.29, 1.82) is 0 Å². The maximum atomic E-state index is 13.7. The second-order valence-electron chi connectivity index (χ2n) is 5.66. The van der Waals surface area contributed by atoms with Crippen molar-refractivity contribution in [3.8, 4) is 0 Å². The predicted octanol–water partition coefficient (Wildman–Crippen LogP) is 3.50. The summed E-state index contributed by atoms with van der Waals surface area (Å²) in [6.07, 6.45) is 3.05. The Kier molecular flexibility index (Phi) is 6.40. The van der Waals surface area contributed by atoms with Gasteiger partial charge in [-0.05, 0) is 25.8 Å². The Morgan fingerprint density at radius 1 is 1.33 bits per heavy atom. The van der Waals surface area contributed by atoms with Crippen molar-refractivity contribution in [1.82, 2.24) is 15.5 Å². The highest BCUT2D eigenvalue weighted by Gasteiger charge is 2.14. The molecule has 0 saturated carbocycles. The van der Waals surface area contributed by atoms with E-state index in [1.165, 1.54) is 12.1 Å². The van der Waals surface area contributed by atoms with Crippen molar-refractivity contribution in [2.45, 2.75) is 52.0 Å². The van der Waals surface area contributed by atoms with Crippen LogP contribution < -0.4 is 5.32 Å². The monoisotopic (exact) mass is 337 g/mol. The standard InChI is InChI=1S/C17H21F2N3O2/c1-3-5-15-21-17(24-22-15)7-4-6-16(23)20-11(2)13-9-8-12(18)10-14(13)19/h8-11H,3-7H2,1-2H3,(H,20,23). The molecule has 1 atom stereocenters. The number of amides is 1. The molecule has 0 saturated heterocycles. The number of halogens is 2. The number of aromatic nitrogens is 2. The van der Waals surface area contributed by atoms with Gasteiger partial charge in [-0.3, -0.25) is 4.79 Å². The molecule has 2 rings (SSSR count). The topological polar surface area (TPSA) is 68.0 Å². The van der Waals surface area contributed by atoms with Crippen LogP contribution in [0.4, 0.5) is 8.78 Å². The van der Waals surface area contributed by atoms with Crippen molar-refractivity contribution in [2.24, 2.45) is 0 Å². The fraction of sp³-hybridized carbons (Fsp3) is 0.471. The molecule has 0 bridgehead atoms. The third-order valence-corrected chi connectivity index (χ3v) is 3.58. The Hall–Kier alpha value is -2.31. The van der Waals surface area contributed by atoms with E-state index < -0.39 is 17.7 Å². The quantitative estimate of drug-likeness (QED) is 0.800. The van der Waals surface area contributed by atoms with Crippen LogP contribution in [0.15, 0.2) is 22.7 Å². The van der Waals surface area contributed by atoms with E-state index in [-0.39, 0.29) is 17.9 Å². The first-order valence-corrected chi connectivity index (χ1v) is 8.05. The molecule has 1 N–H and O–H groups in total. The van der Waals surface area contributed by atoms with E-state index in [2.05, 4.69) is 15.5 Å². The molecule has 1 aromatic heterocycles. The highest BCUT2D eigenvalue weighted by atomic mass is 19.1. The zero-order valence-electron chi connectivity index (χ0n) is 13.8. The van der Waals surface area contributed by atoms with Crippen LogP contribution >= 0.6 is 0 Å². The lowest BCUT2D eigenvalue weighted by atomic mass is 10.1. The number of hydrogen-bond donors (Lipinski definition) is 1. The van der Waals surface area contributed by atoms with Gasteiger partial charge in [0.25, 0.3) is 0 Å². The largest absolute Gasteiger partial charge is 0.349 e. The summed E-state index contributed by atoms with van der Waals surface area (Å²) in [6.45, 7) is 3.69. The first kappa shape index (κ1) is 18.0. The summed E-state index contributed by atoms with van der Waals surface area (Å²) in [7, 11) is 0. The van der Waals surface area contributed by atoms with E-state index in [9.17, 15) is 13.6 Å². The zero-order chi connectivity index (χ0) is 17.5. The smallest absolute Gasteiger partial charge is 0.226 e. The van der Waals surface area contributed by atoms with Crippen molar-refractivity contribution in [2.75, 3.05) is 0 Å². The van der Waals surface area contributed by atoms with Gasteiger partial charge in [-0.2, -0.15) is 4.98 Å². The lowest BCUT2D eigenvalue weighted by Crippen LogP contribution is -2.27. The fourth-order valence-corrected chi connectivity index (χ4v) is 2.36. The Bertz CT molecular complexity index is 688. The van der Waals surface area contributed by atoms with Gasteiger partial charge in [-0.25, -0.2) is 8.78 Å². The SMILES string of the molecule is CCCc1noc(CCCC(=O)NC(C)c2ccc(F)cc2F)n1. The maximum absolute atomic E-state index is 13.7. The lowest BCUT2D eigenvalue weighted by molar-refractivity contribution is -0.121. The van der Waals surface area contributed by atoms with Gasteiger partial charge < -0.3 is 9.84 Å². The molecule has 0 aliphatic rings. The van der Waals surface area contributed by atoms with Crippen molar-refractivity contribution < 1.29 is 18.1 Å². The average molecular weight is 337 g/mol. The minimum atomic E-state index is -0.669. The summed E-state index contributed by atoms with van der Waals surface area (Å²) in [5, 5.41) is 6.55. The van der Waals surface area contributed by atoms with Crippen LogP contribution in [0.1, 0.15) is 56.4 Å². The molecular weight excluding hydrogens is 316 g/mol. The molecule has 1 amide bonds. The number of hydrogen-bond acceptors (Lipinski definition) is 4. The molecule has 0 radical (unpaired) electrons. The Labute approximate surface area is 139 Å². The highest BCUT2D eigenvalue weighted by Crippen LogP contribution is 2.18. The molecule has 1 unspecified atom stereocenters. The summed E-state index contributed by atoms with van der Waals surface area (Å²) in [5.74, 6) is -0.324. The summed E-state index contributed by atoms with van der Waals surface area (Å²) in [5.41, 5.74) is 0.255. The van der Waals surface area contributed by atoms with E-state index in [0.717, 1.165) is 18.9 Å². The van der Waals surface area contributed by atoms with Gasteiger partial charge in [0, 0.05) is 30.9 Å². The van der Waals surface area contributed by atoms with Crippen LogP contribution in [-0.4, -0.2) is 16.0 Å². The van der Waals surface area contributed by atoms with Gasteiger partial charge >= 0.3 is 0 Å². The van der Waals surface area contributed by atoms with Crippen molar-refractivity contribution in [3.05, 3.63) is 47.1 Å². The summed E-state index contributed by atoms with van der Waals surface area (Å²) in [4.78, 5) is 16.2. The third-order valence-electron chi connectivity index (χ3n) is 3.58. The number of aryl methyl sites for hydroxylation is 2. The number of carbonyl (C=O) groups excluding carboxylic acids is 1. The van der Waals surface area contributed by atoms with Crippen molar-refractivity contribution in [3.63, 3.8) is 0 Å². The fourth-order valence-electron chi connectivity index (χ4n) is 2.36. The van der Waals surface area contributed by atoms with E-state index in [1.54, 1.807) is 6.92 Å². The van der Waals surface area contributed by atoms with Crippen LogP contribution in [-0.2, 0) is 17.6 Å². The van der Waals surface area contributed by atoms with E-state index >= 15 is 0 Å². The minimum absolute atomic E-state index is 0.209. The van der Waals surface area contributed by atoms with E-state index in [1.807, 2.05) is 6.92 Å². The van der Waals surface area contributed by atoms with Crippen LogP contribution in [0.5, 0.6) is 0 Å². The van der Waals surface area contributed by atoms with Gasteiger partial charge in [-0.15, -0.1) is 0 Å². The van der Waals surface area contributed by atoms with Gasteiger partial charge in [0.05, 0.1) is 6.04 Å². The van der Waals surface area contributed by atoms with E-state index in [4.69, 9.17) is 4.52 Å².